The zero-order valence-electron chi connectivity index (χ0n) is 12.4. The molecule has 4 N–H and O–H groups in total. The van der Waals surface area contributed by atoms with E-state index < -0.39 is 6.03 Å². The van der Waals surface area contributed by atoms with Crippen LogP contribution in [0.25, 0.3) is 0 Å². The fraction of sp³-hybridized carbons (Fsp3) is 0.176. The lowest BCUT2D eigenvalue weighted by molar-refractivity contribution is 0.0925. The summed E-state index contributed by atoms with van der Waals surface area (Å²) in [5.41, 5.74) is 7.10. The van der Waals surface area contributed by atoms with E-state index in [-0.39, 0.29) is 11.9 Å². The summed E-state index contributed by atoms with van der Waals surface area (Å²) in [5, 5.41) is 5.48. The Morgan fingerprint density at radius 3 is 2.57 bits per heavy atom. The molecular weight excluding hydrogens is 294 g/mol. The second-order valence-electron chi connectivity index (χ2n) is 5.27. The molecule has 6 heteroatoms. The van der Waals surface area contributed by atoms with Gasteiger partial charge < -0.3 is 21.1 Å². The number of hydrogen-bond acceptors (Lipinski definition) is 3. The van der Waals surface area contributed by atoms with Crippen molar-refractivity contribution in [3.8, 4) is 5.75 Å². The molecule has 0 spiro atoms. The Hall–Kier alpha value is -3.02. The van der Waals surface area contributed by atoms with E-state index in [1.54, 1.807) is 24.3 Å². The molecule has 3 amide bonds. The molecule has 2 aromatic carbocycles. The van der Waals surface area contributed by atoms with E-state index in [9.17, 15) is 9.59 Å². The van der Waals surface area contributed by atoms with Crippen molar-refractivity contribution in [1.29, 1.82) is 0 Å². The monoisotopic (exact) mass is 311 g/mol. The number of ether oxygens (including phenoxy) is 1. The maximum atomic E-state index is 12.4. The van der Waals surface area contributed by atoms with Crippen molar-refractivity contribution in [3.05, 3.63) is 59.7 Å². The van der Waals surface area contributed by atoms with E-state index in [0.717, 1.165) is 17.7 Å². The number of primary amides is 1. The van der Waals surface area contributed by atoms with Gasteiger partial charge in [-0.15, -0.1) is 0 Å². The lowest BCUT2D eigenvalue weighted by atomic mass is 10.00. The van der Waals surface area contributed by atoms with Crippen LogP contribution < -0.4 is 21.1 Å². The molecule has 0 radical (unpaired) electrons. The lowest BCUT2D eigenvalue weighted by Gasteiger charge is -2.26. The molecule has 0 aliphatic carbocycles. The summed E-state index contributed by atoms with van der Waals surface area (Å²) < 4.78 is 5.59. The number of nitrogens with two attached hydrogens (primary N) is 1. The standard InChI is InChI=1S/C17H17N3O3/c18-17(22)19-12-7-5-11(6-8-12)16(21)20-14-9-10-23-15-4-2-1-3-13(14)15/h1-8,14H,9-10H2,(H,20,21)(H3,18,19,22)/t14-/m0/s1. The highest BCUT2D eigenvalue weighted by Gasteiger charge is 2.22. The van der Waals surface area contributed by atoms with Crippen LogP contribution in [0.4, 0.5) is 10.5 Å². The highest BCUT2D eigenvalue weighted by Crippen LogP contribution is 2.31. The van der Waals surface area contributed by atoms with E-state index in [2.05, 4.69) is 10.6 Å². The summed E-state index contributed by atoms with van der Waals surface area (Å²) >= 11 is 0. The predicted molar refractivity (Wildman–Crippen MR) is 86.4 cm³/mol. The Labute approximate surface area is 133 Å². The highest BCUT2D eigenvalue weighted by atomic mass is 16.5. The Balaban J connectivity index is 1.71. The minimum absolute atomic E-state index is 0.0733. The van der Waals surface area contributed by atoms with Crippen LogP contribution in [0.1, 0.15) is 28.4 Å². The largest absolute Gasteiger partial charge is 0.493 e. The van der Waals surface area contributed by atoms with Gasteiger partial charge in [-0.3, -0.25) is 4.79 Å². The second kappa shape index (κ2) is 6.39. The van der Waals surface area contributed by atoms with E-state index >= 15 is 0 Å². The molecule has 0 saturated carbocycles. The SMILES string of the molecule is NC(=O)Nc1ccc(C(=O)N[C@H]2CCOc3ccccc32)cc1. The van der Waals surface area contributed by atoms with Gasteiger partial charge in [0.25, 0.3) is 5.91 Å². The Morgan fingerprint density at radius 1 is 1.09 bits per heavy atom. The van der Waals surface area contributed by atoms with Crippen molar-refractivity contribution in [2.75, 3.05) is 11.9 Å². The van der Waals surface area contributed by atoms with Crippen molar-refractivity contribution in [2.24, 2.45) is 5.73 Å². The number of amides is 3. The van der Waals surface area contributed by atoms with Crippen LogP contribution >= 0.6 is 0 Å². The molecule has 2 aromatic rings. The summed E-state index contributed by atoms with van der Waals surface area (Å²) in [5.74, 6) is 0.641. The molecule has 0 bridgehead atoms. The van der Waals surface area contributed by atoms with Crippen molar-refractivity contribution in [3.63, 3.8) is 0 Å². The maximum absolute atomic E-state index is 12.4. The topological polar surface area (TPSA) is 93.5 Å². The molecule has 23 heavy (non-hydrogen) atoms. The van der Waals surface area contributed by atoms with Crippen LogP contribution in [-0.4, -0.2) is 18.5 Å². The third-order valence-corrected chi connectivity index (χ3v) is 3.68. The van der Waals surface area contributed by atoms with Crippen LogP contribution in [0.2, 0.25) is 0 Å². The van der Waals surface area contributed by atoms with Gasteiger partial charge in [0.1, 0.15) is 5.75 Å². The third-order valence-electron chi connectivity index (χ3n) is 3.68. The maximum Gasteiger partial charge on any atom is 0.316 e. The third kappa shape index (κ3) is 3.42. The molecule has 1 heterocycles. The molecule has 0 fully saturated rings. The Morgan fingerprint density at radius 2 is 1.83 bits per heavy atom. The van der Waals surface area contributed by atoms with Crippen LogP contribution in [-0.2, 0) is 0 Å². The van der Waals surface area contributed by atoms with Crippen molar-refractivity contribution < 1.29 is 14.3 Å². The molecule has 118 valence electrons. The number of fused-ring (bicyclic) bond motifs is 1. The van der Waals surface area contributed by atoms with E-state index in [0.29, 0.717) is 17.9 Å². The van der Waals surface area contributed by atoms with Gasteiger partial charge in [0.05, 0.1) is 12.6 Å². The van der Waals surface area contributed by atoms with Gasteiger partial charge in [0.15, 0.2) is 0 Å². The van der Waals surface area contributed by atoms with Crippen molar-refractivity contribution >= 4 is 17.6 Å². The van der Waals surface area contributed by atoms with Crippen LogP contribution in [0.5, 0.6) is 5.75 Å². The van der Waals surface area contributed by atoms with Crippen molar-refractivity contribution in [2.45, 2.75) is 12.5 Å². The zero-order chi connectivity index (χ0) is 16.2. The van der Waals surface area contributed by atoms with E-state index in [1.807, 2.05) is 24.3 Å². The normalized spacial score (nSPS) is 15.9. The minimum atomic E-state index is -0.638. The van der Waals surface area contributed by atoms with Crippen LogP contribution in [0.3, 0.4) is 0 Å². The smallest absolute Gasteiger partial charge is 0.316 e. The van der Waals surface area contributed by atoms with Gasteiger partial charge in [-0.05, 0) is 30.3 Å². The molecule has 0 aromatic heterocycles. The first-order valence-corrected chi connectivity index (χ1v) is 7.32. The molecule has 1 aliphatic heterocycles. The average Bonchev–Trinajstić information content (AvgIpc) is 2.55. The van der Waals surface area contributed by atoms with Gasteiger partial charge in [0.2, 0.25) is 0 Å². The summed E-state index contributed by atoms with van der Waals surface area (Å²) in [7, 11) is 0. The molecule has 6 nitrogen and oxygen atoms in total. The van der Waals surface area contributed by atoms with E-state index in [4.69, 9.17) is 10.5 Å². The van der Waals surface area contributed by atoms with Crippen LogP contribution in [0.15, 0.2) is 48.5 Å². The lowest BCUT2D eigenvalue weighted by Crippen LogP contribution is -2.32. The molecule has 3 rings (SSSR count). The molecule has 1 atom stereocenters. The fourth-order valence-corrected chi connectivity index (χ4v) is 2.58. The minimum Gasteiger partial charge on any atom is -0.493 e. The molecule has 0 unspecified atom stereocenters. The second-order valence-corrected chi connectivity index (χ2v) is 5.27. The first kappa shape index (κ1) is 14.9. The number of urea groups is 1. The Bertz CT molecular complexity index is 728. The summed E-state index contributed by atoms with van der Waals surface area (Å²) in [6.07, 6.45) is 0.726. The fourth-order valence-electron chi connectivity index (χ4n) is 2.58. The van der Waals surface area contributed by atoms with Gasteiger partial charge in [-0.2, -0.15) is 0 Å². The number of anilines is 1. The van der Waals surface area contributed by atoms with Gasteiger partial charge >= 0.3 is 6.03 Å². The number of benzene rings is 2. The number of carbonyl (C=O) groups excluding carboxylic acids is 2. The summed E-state index contributed by atoms with van der Waals surface area (Å²) in [6, 6.07) is 13.5. The molecule has 1 aliphatic rings. The predicted octanol–water partition coefficient (Wildman–Crippen LogP) is 2.43. The van der Waals surface area contributed by atoms with Crippen molar-refractivity contribution in [1.82, 2.24) is 5.32 Å². The number of hydrogen-bond donors (Lipinski definition) is 3. The highest BCUT2D eigenvalue weighted by molar-refractivity contribution is 5.95. The first-order chi connectivity index (χ1) is 11.1. The summed E-state index contributed by atoms with van der Waals surface area (Å²) in [6.45, 7) is 0.573. The zero-order valence-corrected chi connectivity index (χ0v) is 12.4. The summed E-state index contributed by atoms with van der Waals surface area (Å²) in [4.78, 5) is 23.2. The average molecular weight is 311 g/mol. The molecule has 0 saturated heterocycles. The van der Waals surface area contributed by atoms with Gasteiger partial charge in [0, 0.05) is 23.2 Å². The number of para-hydroxylation sites is 1. The first-order valence-electron chi connectivity index (χ1n) is 7.32. The quantitative estimate of drug-likeness (QED) is 0.812. The van der Waals surface area contributed by atoms with Gasteiger partial charge in [-0.25, -0.2) is 4.79 Å². The van der Waals surface area contributed by atoms with Gasteiger partial charge in [-0.1, -0.05) is 18.2 Å². The molecular formula is C17H17N3O3. The van der Waals surface area contributed by atoms with Crippen LogP contribution in [0, 0.1) is 0 Å². The number of carbonyl (C=O) groups is 2. The van der Waals surface area contributed by atoms with E-state index in [1.165, 1.54) is 0 Å². The number of rotatable bonds is 3. The Kier molecular flexibility index (Phi) is 4.14. The number of nitrogens with one attached hydrogen (secondary N) is 2.